The number of anilines is 3. The number of rotatable bonds is 7. The summed E-state index contributed by atoms with van der Waals surface area (Å²) in [5.74, 6) is -6.48. The normalized spacial score (nSPS) is 16.9. The van der Waals surface area contributed by atoms with Crippen LogP contribution in [0.3, 0.4) is 0 Å². The molecular formula is C27H15Cl5F2N4O4. The summed E-state index contributed by atoms with van der Waals surface area (Å²) in [6.07, 6.45) is 1.18. The molecule has 42 heavy (non-hydrogen) atoms. The van der Waals surface area contributed by atoms with E-state index in [1.54, 1.807) is 18.2 Å². The molecule has 1 heterocycles. The van der Waals surface area contributed by atoms with Gasteiger partial charge in [-0.3, -0.25) is 14.4 Å². The Kier molecular flexibility index (Phi) is 8.37. The van der Waals surface area contributed by atoms with E-state index in [1.807, 2.05) is 5.32 Å². The zero-order chi connectivity index (χ0) is 30.3. The summed E-state index contributed by atoms with van der Waals surface area (Å²) in [4.78, 5) is 38.3. The van der Waals surface area contributed by atoms with Crippen molar-refractivity contribution in [3.8, 4) is 0 Å². The SMILES string of the molecule is O=C(Nc1c(F)ccc(NC(=O)c2cc(NC(=O)C3[C@H](c4ccc(Cl)c(Cl)c4)C3(Cl)Cl)ccc2Cl)c1F)c1ccno1. The van der Waals surface area contributed by atoms with Crippen molar-refractivity contribution in [3.63, 3.8) is 0 Å². The highest BCUT2D eigenvalue weighted by molar-refractivity contribution is 6.53. The Bertz CT molecular complexity index is 1740. The Morgan fingerprint density at radius 2 is 1.57 bits per heavy atom. The lowest BCUT2D eigenvalue weighted by Crippen LogP contribution is -2.19. The average molecular weight is 675 g/mol. The average Bonchev–Trinajstić information content (AvgIpc) is 3.25. The molecule has 1 saturated carbocycles. The number of halogens is 7. The van der Waals surface area contributed by atoms with Crippen molar-refractivity contribution in [2.45, 2.75) is 10.3 Å². The molecule has 2 atom stereocenters. The van der Waals surface area contributed by atoms with Crippen molar-refractivity contribution in [2.75, 3.05) is 16.0 Å². The molecule has 1 aromatic heterocycles. The molecule has 0 spiro atoms. The summed E-state index contributed by atoms with van der Waals surface area (Å²) in [6, 6.07) is 11.8. The van der Waals surface area contributed by atoms with E-state index in [4.69, 9.17) is 58.0 Å². The van der Waals surface area contributed by atoms with Gasteiger partial charge in [0, 0.05) is 17.7 Å². The Hall–Kier alpha value is -3.41. The highest BCUT2D eigenvalue weighted by atomic mass is 35.5. The number of aromatic nitrogens is 1. The molecule has 15 heteroatoms. The number of nitrogens with zero attached hydrogens (tertiary/aromatic N) is 1. The molecule has 3 aromatic carbocycles. The van der Waals surface area contributed by atoms with Crippen LogP contribution in [0.2, 0.25) is 15.1 Å². The summed E-state index contributed by atoms with van der Waals surface area (Å²) in [5, 5.41) is 10.9. The van der Waals surface area contributed by atoms with E-state index in [-0.39, 0.29) is 27.1 Å². The minimum atomic E-state index is -1.42. The van der Waals surface area contributed by atoms with Gasteiger partial charge in [0.15, 0.2) is 5.82 Å². The molecule has 5 rings (SSSR count). The lowest BCUT2D eigenvalue weighted by Gasteiger charge is -2.13. The topological polar surface area (TPSA) is 113 Å². The molecular weight excluding hydrogens is 660 g/mol. The first-order chi connectivity index (χ1) is 19.9. The second-order valence-corrected chi connectivity index (χ2v) is 11.7. The Morgan fingerprint density at radius 3 is 2.26 bits per heavy atom. The van der Waals surface area contributed by atoms with Gasteiger partial charge in [-0.15, -0.1) is 23.2 Å². The molecule has 1 unspecified atom stereocenters. The fourth-order valence-corrected chi connectivity index (χ4v) is 5.57. The molecule has 1 fully saturated rings. The van der Waals surface area contributed by atoms with E-state index in [1.165, 1.54) is 30.5 Å². The minimum Gasteiger partial charge on any atom is -0.351 e. The predicted octanol–water partition coefficient (Wildman–Crippen LogP) is 7.94. The lowest BCUT2D eigenvalue weighted by atomic mass is 10.1. The van der Waals surface area contributed by atoms with Crippen molar-refractivity contribution in [1.82, 2.24) is 5.16 Å². The van der Waals surface area contributed by atoms with Crippen LogP contribution in [0.5, 0.6) is 0 Å². The van der Waals surface area contributed by atoms with Gasteiger partial charge in [-0.2, -0.15) is 0 Å². The van der Waals surface area contributed by atoms with Crippen LogP contribution in [0.15, 0.2) is 65.3 Å². The van der Waals surface area contributed by atoms with Crippen LogP contribution in [-0.2, 0) is 4.79 Å². The minimum absolute atomic E-state index is 0.0315. The zero-order valence-electron chi connectivity index (χ0n) is 20.7. The van der Waals surface area contributed by atoms with E-state index in [9.17, 15) is 18.8 Å². The van der Waals surface area contributed by atoms with Crippen molar-refractivity contribution in [1.29, 1.82) is 0 Å². The fourth-order valence-electron chi connectivity index (χ4n) is 4.23. The largest absolute Gasteiger partial charge is 0.351 e. The van der Waals surface area contributed by atoms with Gasteiger partial charge in [0.25, 0.3) is 11.8 Å². The summed E-state index contributed by atoms with van der Waals surface area (Å²) < 4.78 is 32.7. The van der Waals surface area contributed by atoms with Gasteiger partial charge < -0.3 is 20.5 Å². The Balaban J connectivity index is 1.32. The van der Waals surface area contributed by atoms with Crippen LogP contribution >= 0.6 is 58.0 Å². The fraction of sp³-hybridized carbons (Fsp3) is 0.111. The molecule has 0 bridgehead atoms. The molecule has 3 amide bonds. The summed E-state index contributed by atoms with van der Waals surface area (Å²) in [7, 11) is 0. The smallest absolute Gasteiger partial charge is 0.294 e. The first kappa shape index (κ1) is 30.1. The van der Waals surface area contributed by atoms with Gasteiger partial charge in [-0.1, -0.05) is 46.0 Å². The molecule has 1 aliphatic carbocycles. The van der Waals surface area contributed by atoms with E-state index >= 15 is 4.39 Å². The lowest BCUT2D eigenvalue weighted by molar-refractivity contribution is -0.117. The molecule has 0 aliphatic heterocycles. The molecule has 0 saturated heterocycles. The van der Waals surface area contributed by atoms with Gasteiger partial charge in [0.05, 0.1) is 38.4 Å². The first-order valence-electron chi connectivity index (χ1n) is 11.8. The Labute approximate surface area is 261 Å². The van der Waals surface area contributed by atoms with Crippen molar-refractivity contribution < 1.29 is 27.7 Å². The maximum Gasteiger partial charge on any atom is 0.294 e. The summed E-state index contributed by atoms with van der Waals surface area (Å²) in [6.45, 7) is 0. The number of benzene rings is 3. The van der Waals surface area contributed by atoms with Crippen LogP contribution in [0, 0.1) is 17.6 Å². The molecule has 4 aromatic rings. The summed E-state index contributed by atoms with van der Waals surface area (Å²) >= 11 is 31.1. The molecule has 3 N–H and O–H groups in total. The maximum absolute atomic E-state index is 15.1. The quantitative estimate of drug-likeness (QED) is 0.172. The van der Waals surface area contributed by atoms with Crippen LogP contribution in [0.25, 0.3) is 0 Å². The van der Waals surface area contributed by atoms with Crippen LogP contribution < -0.4 is 16.0 Å². The summed E-state index contributed by atoms with van der Waals surface area (Å²) in [5.41, 5.74) is -0.657. The Morgan fingerprint density at radius 1 is 0.833 bits per heavy atom. The third-order valence-electron chi connectivity index (χ3n) is 6.36. The van der Waals surface area contributed by atoms with Gasteiger partial charge >= 0.3 is 0 Å². The van der Waals surface area contributed by atoms with E-state index < -0.39 is 56.9 Å². The van der Waals surface area contributed by atoms with Crippen LogP contribution in [0.1, 0.15) is 32.4 Å². The zero-order valence-corrected chi connectivity index (χ0v) is 24.4. The second kappa shape index (κ2) is 11.7. The third-order valence-corrected chi connectivity index (χ3v) is 8.37. The maximum atomic E-state index is 15.1. The number of hydrogen-bond donors (Lipinski definition) is 3. The van der Waals surface area contributed by atoms with Gasteiger partial charge in [-0.25, -0.2) is 8.78 Å². The van der Waals surface area contributed by atoms with Crippen molar-refractivity contribution in [2.24, 2.45) is 5.92 Å². The van der Waals surface area contributed by atoms with Crippen LogP contribution in [-0.4, -0.2) is 27.2 Å². The van der Waals surface area contributed by atoms with Crippen molar-refractivity contribution >= 4 is 92.8 Å². The van der Waals surface area contributed by atoms with Gasteiger partial charge in [-0.05, 0) is 48.0 Å². The number of hydrogen-bond acceptors (Lipinski definition) is 5. The number of carbonyl (C=O) groups excluding carboxylic acids is 3. The monoisotopic (exact) mass is 672 g/mol. The third kappa shape index (κ3) is 5.91. The molecule has 0 radical (unpaired) electrons. The second-order valence-electron chi connectivity index (χ2n) is 9.06. The molecule has 8 nitrogen and oxygen atoms in total. The van der Waals surface area contributed by atoms with Gasteiger partial charge in [0.1, 0.15) is 15.8 Å². The number of nitrogens with one attached hydrogen (secondary N) is 3. The first-order valence-corrected chi connectivity index (χ1v) is 13.7. The van der Waals surface area contributed by atoms with E-state index in [0.717, 1.165) is 12.1 Å². The van der Waals surface area contributed by atoms with Gasteiger partial charge in [0.2, 0.25) is 11.7 Å². The molecule has 216 valence electrons. The number of alkyl halides is 2. The number of amides is 3. The highest BCUT2D eigenvalue weighted by Crippen LogP contribution is 2.65. The van der Waals surface area contributed by atoms with Crippen molar-refractivity contribution in [3.05, 3.63) is 104 Å². The van der Waals surface area contributed by atoms with E-state index in [2.05, 4.69) is 20.3 Å². The number of carbonyl (C=O) groups is 3. The predicted molar refractivity (Wildman–Crippen MR) is 156 cm³/mol. The highest BCUT2D eigenvalue weighted by Gasteiger charge is 2.67. The standard InChI is InChI=1S/C27H15Cl5F2N4O4/c28-14-4-2-12(36-26(41)21-20(27(21,31)32)11-1-3-15(29)16(30)9-11)10-13(14)24(39)37-18-6-5-17(33)23(22(18)34)38-25(40)19-7-8-35-42-19/h1-10,20-21H,(H,36,41)(H,37,39)(H,38,40)/t20-,21?/m0/s1. The molecule has 1 aliphatic rings. The van der Waals surface area contributed by atoms with Crippen LogP contribution in [0.4, 0.5) is 25.8 Å². The van der Waals surface area contributed by atoms with E-state index in [0.29, 0.717) is 10.6 Å².